The van der Waals surface area contributed by atoms with Gasteiger partial charge in [-0.1, -0.05) is 6.07 Å². The number of nitrogens with zero attached hydrogens (tertiary/aromatic N) is 1. The highest BCUT2D eigenvalue weighted by Gasteiger charge is 2.18. The molecule has 6 nitrogen and oxygen atoms in total. The molecule has 0 aromatic heterocycles. The molecule has 0 aliphatic heterocycles. The molecule has 1 aromatic rings. The zero-order valence-electron chi connectivity index (χ0n) is 8.45. The maximum atomic E-state index is 11.0. The van der Waals surface area contributed by atoms with Crippen LogP contribution < -0.4 is 5.46 Å². The summed E-state index contributed by atoms with van der Waals surface area (Å²) in [6, 6.07) is 3.31. The molecule has 0 spiro atoms. The minimum atomic E-state index is -1.83. The van der Waals surface area contributed by atoms with Gasteiger partial charge in [-0.3, -0.25) is 14.9 Å². The summed E-state index contributed by atoms with van der Waals surface area (Å²) >= 11 is 0. The molecule has 0 heterocycles. The van der Waals surface area contributed by atoms with E-state index < -0.39 is 12.0 Å². The number of benzene rings is 1. The minimum Gasteiger partial charge on any atom is -0.423 e. The predicted octanol–water partition coefficient (Wildman–Crippen LogP) is -0.904. The Hall–Kier alpha value is -1.66. The lowest BCUT2D eigenvalue weighted by Gasteiger charge is -2.02. The van der Waals surface area contributed by atoms with Crippen LogP contribution >= 0.6 is 0 Å². The minimum absolute atomic E-state index is 0. The third-order valence-electron chi connectivity index (χ3n) is 1.86. The molecule has 2 N–H and O–H groups in total. The first-order chi connectivity index (χ1) is 6.91. The van der Waals surface area contributed by atoms with Crippen LogP contribution in [0.3, 0.4) is 0 Å². The quantitative estimate of drug-likeness (QED) is 0.297. The molecular weight excluding hydrogens is 212 g/mol. The number of ketones is 1. The van der Waals surface area contributed by atoms with Crippen molar-refractivity contribution in [1.82, 2.24) is 0 Å². The molecule has 8 heteroatoms. The molecule has 1 rings (SSSR count). The van der Waals surface area contributed by atoms with E-state index >= 15 is 0 Å². The van der Waals surface area contributed by atoms with E-state index in [9.17, 15) is 14.9 Å². The third kappa shape index (κ3) is 3.18. The van der Waals surface area contributed by atoms with Gasteiger partial charge in [-0.2, -0.15) is 0 Å². The SMILES string of the molecule is CC(=O)c1cc(B(O)O)cc([N+](=O)[O-])c1.[B]. The molecular formula is C8H8B2NO5. The smallest absolute Gasteiger partial charge is 0.423 e. The monoisotopic (exact) mass is 220 g/mol. The highest BCUT2D eigenvalue weighted by atomic mass is 16.6. The summed E-state index contributed by atoms with van der Waals surface area (Å²) < 4.78 is 0. The molecule has 0 aliphatic carbocycles. The Morgan fingerprint density at radius 1 is 1.38 bits per heavy atom. The highest BCUT2D eigenvalue weighted by molar-refractivity contribution is 6.58. The van der Waals surface area contributed by atoms with Gasteiger partial charge >= 0.3 is 7.12 Å². The van der Waals surface area contributed by atoms with E-state index in [4.69, 9.17) is 10.0 Å². The second-order valence-electron chi connectivity index (χ2n) is 3.00. The van der Waals surface area contributed by atoms with Crippen molar-refractivity contribution in [1.29, 1.82) is 0 Å². The molecule has 3 radical (unpaired) electrons. The zero-order chi connectivity index (χ0) is 11.6. The number of hydrogen-bond acceptors (Lipinski definition) is 5. The topological polar surface area (TPSA) is 101 Å². The Bertz CT molecular complexity index is 389. The second-order valence-corrected chi connectivity index (χ2v) is 3.00. The van der Waals surface area contributed by atoms with Crippen molar-refractivity contribution >= 4 is 32.5 Å². The Morgan fingerprint density at radius 2 is 1.94 bits per heavy atom. The van der Waals surface area contributed by atoms with Crippen molar-refractivity contribution in [3.8, 4) is 0 Å². The summed E-state index contributed by atoms with van der Waals surface area (Å²) in [7, 11) is -1.83. The van der Waals surface area contributed by atoms with Crippen molar-refractivity contribution < 1.29 is 19.8 Å². The van der Waals surface area contributed by atoms with Gasteiger partial charge in [0.05, 0.1) is 4.92 Å². The average Bonchev–Trinajstić information content (AvgIpc) is 2.16. The lowest BCUT2D eigenvalue weighted by molar-refractivity contribution is -0.384. The molecule has 0 saturated carbocycles. The average molecular weight is 220 g/mol. The molecule has 0 aliphatic rings. The van der Waals surface area contributed by atoms with Gasteiger partial charge in [0.1, 0.15) is 0 Å². The number of non-ortho nitro benzene ring substituents is 1. The highest BCUT2D eigenvalue weighted by Crippen LogP contribution is 2.12. The summed E-state index contributed by atoms with van der Waals surface area (Å²) in [6.07, 6.45) is 0. The number of nitro groups is 1. The molecule has 0 unspecified atom stereocenters. The fourth-order valence-electron chi connectivity index (χ4n) is 1.09. The van der Waals surface area contributed by atoms with Crippen LogP contribution in [0.4, 0.5) is 5.69 Å². The van der Waals surface area contributed by atoms with Crippen LogP contribution in [0.5, 0.6) is 0 Å². The molecule has 0 bridgehead atoms. The molecule has 0 atom stereocenters. The van der Waals surface area contributed by atoms with Crippen molar-refractivity contribution in [2.75, 3.05) is 0 Å². The summed E-state index contributed by atoms with van der Waals surface area (Å²) in [4.78, 5) is 20.8. The van der Waals surface area contributed by atoms with Crippen LogP contribution in [0.2, 0.25) is 0 Å². The van der Waals surface area contributed by atoms with Gasteiger partial charge in [0.25, 0.3) is 5.69 Å². The van der Waals surface area contributed by atoms with Gasteiger partial charge < -0.3 is 10.0 Å². The summed E-state index contributed by atoms with van der Waals surface area (Å²) in [6.45, 7) is 1.24. The summed E-state index contributed by atoms with van der Waals surface area (Å²) in [5.41, 5.74) is -0.340. The van der Waals surface area contributed by atoms with Crippen molar-refractivity contribution in [3.05, 3.63) is 33.9 Å². The number of nitro benzene ring substituents is 1. The van der Waals surface area contributed by atoms with E-state index in [-0.39, 0.29) is 30.9 Å². The van der Waals surface area contributed by atoms with Crippen molar-refractivity contribution in [2.45, 2.75) is 6.92 Å². The van der Waals surface area contributed by atoms with Crippen LogP contribution in [0.15, 0.2) is 18.2 Å². The Morgan fingerprint density at radius 3 is 2.31 bits per heavy atom. The first-order valence-electron chi connectivity index (χ1n) is 4.08. The van der Waals surface area contributed by atoms with E-state index in [1.807, 2.05) is 0 Å². The van der Waals surface area contributed by atoms with Gasteiger partial charge in [0.15, 0.2) is 5.78 Å². The van der Waals surface area contributed by atoms with E-state index in [0.717, 1.165) is 12.1 Å². The zero-order valence-corrected chi connectivity index (χ0v) is 8.45. The molecule has 0 saturated heterocycles. The number of hydrogen-bond donors (Lipinski definition) is 2. The van der Waals surface area contributed by atoms with Gasteiger partial charge in [-0.15, -0.1) is 0 Å². The van der Waals surface area contributed by atoms with Crippen LogP contribution in [0.25, 0.3) is 0 Å². The normalized spacial score (nSPS) is 9.19. The summed E-state index contributed by atoms with van der Waals surface area (Å²) in [5.74, 6) is -0.374. The van der Waals surface area contributed by atoms with Crippen LogP contribution in [0.1, 0.15) is 17.3 Å². The first kappa shape index (κ1) is 14.3. The van der Waals surface area contributed by atoms with Crippen molar-refractivity contribution in [3.63, 3.8) is 0 Å². The fourth-order valence-corrected chi connectivity index (χ4v) is 1.09. The molecule has 0 amide bonds. The number of Topliss-reactive ketones (excluding diaryl/α,β-unsaturated/α-hetero) is 1. The predicted molar refractivity (Wildman–Crippen MR) is 58.7 cm³/mol. The number of carbonyl (C=O) groups is 1. The number of carbonyl (C=O) groups excluding carboxylic acids is 1. The molecule has 81 valence electrons. The van der Waals surface area contributed by atoms with Crippen molar-refractivity contribution in [2.24, 2.45) is 0 Å². The lowest BCUT2D eigenvalue weighted by atomic mass is 9.79. The van der Waals surface area contributed by atoms with Gasteiger partial charge in [-0.05, 0) is 12.4 Å². The molecule has 1 aromatic carbocycles. The first-order valence-corrected chi connectivity index (χ1v) is 4.08. The van der Waals surface area contributed by atoms with Gasteiger partial charge in [-0.25, -0.2) is 0 Å². The molecule has 0 fully saturated rings. The van der Waals surface area contributed by atoms with E-state index in [0.29, 0.717) is 0 Å². The van der Waals surface area contributed by atoms with Crippen LogP contribution in [-0.2, 0) is 0 Å². The van der Waals surface area contributed by atoms with E-state index in [2.05, 4.69) is 0 Å². The lowest BCUT2D eigenvalue weighted by Crippen LogP contribution is -2.30. The maximum Gasteiger partial charge on any atom is 0.488 e. The van der Waals surface area contributed by atoms with E-state index in [1.165, 1.54) is 13.0 Å². The van der Waals surface area contributed by atoms with Crippen LogP contribution in [0, 0.1) is 10.1 Å². The molecule has 16 heavy (non-hydrogen) atoms. The maximum absolute atomic E-state index is 11.0. The Kier molecular flexibility index (Phi) is 4.87. The number of rotatable bonds is 3. The van der Waals surface area contributed by atoms with E-state index in [1.54, 1.807) is 0 Å². The second kappa shape index (κ2) is 5.43. The van der Waals surface area contributed by atoms with Crippen LogP contribution in [-0.4, -0.2) is 36.3 Å². The van der Waals surface area contributed by atoms with Gasteiger partial charge in [0.2, 0.25) is 0 Å². The largest absolute Gasteiger partial charge is 0.488 e. The Balaban J connectivity index is 0.00000225. The standard InChI is InChI=1S/C8H8BNO5.B/c1-5(11)6-2-7(9(12)13)4-8(3-6)10(14)15;/h2-4,12-13H,1H3;. The van der Waals surface area contributed by atoms with Gasteiger partial charge in [0, 0.05) is 26.1 Å². The fraction of sp³-hybridized carbons (Fsp3) is 0.125. The Labute approximate surface area is 93.8 Å². The summed E-state index contributed by atoms with van der Waals surface area (Å²) in [5, 5.41) is 28.2. The third-order valence-corrected chi connectivity index (χ3v) is 1.86.